The summed E-state index contributed by atoms with van der Waals surface area (Å²) in [7, 11) is 5.34. The lowest BCUT2D eigenvalue weighted by Gasteiger charge is -2.26. The number of benzene rings is 2. The summed E-state index contributed by atoms with van der Waals surface area (Å²) in [6.45, 7) is 0.965. The first-order valence-corrected chi connectivity index (χ1v) is 9.95. The highest BCUT2D eigenvalue weighted by Gasteiger charge is 2.45. The molecule has 0 aliphatic carbocycles. The molecule has 29 heavy (non-hydrogen) atoms. The van der Waals surface area contributed by atoms with Crippen molar-refractivity contribution < 1.29 is 19.4 Å². The van der Waals surface area contributed by atoms with Gasteiger partial charge in [0.1, 0.15) is 11.5 Å². The van der Waals surface area contributed by atoms with Gasteiger partial charge >= 0.3 is 0 Å². The van der Waals surface area contributed by atoms with E-state index in [2.05, 4.69) is 15.9 Å². The number of aliphatic hydroxyl groups excluding tert-OH is 1. The van der Waals surface area contributed by atoms with Crippen LogP contribution in [0, 0.1) is 0 Å². The number of halogens is 1. The Bertz CT molecular complexity index is 954. The van der Waals surface area contributed by atoms with Gasteiger partial charge in [-0.1, -0.05) is 40.2 Å². The molecule has 0 saturated carbocycles. The van der Waals surface area contributed by atoms with Crippen molar-refractivity contribution in [3.8, 4) is 5.75 Å². The van der Waals surface area contributed by atoms with Gasteiger partial charge in [-0.2, -0.15) is 0 Å². The zero-order valence-corrected chi connectivity index (χ0v) is 18.1. The molecule has 1 aliphatic rings. The van der Waals surface area contributed by atoms with Gasteiger partial charge in [0, 0.05) is 23.1 Å². The van der Waals surface area contributed by atoms with Crippen LogP contribution in [-0.2, 0) is 9.59 Å². The molecule has 0 radical (unpaired) electrons. The molecular weight excluding hydrogens is 436 g/mol. The quantitative estimate of drug-likeness (QED) is 0.407. The summed E-state index contributed by atoms with van der Waals surface area (Å²) in [5.74, 6) is -0.945. The number of ether oxygens (including phenoxy) is 1. The molecule has 3 rings (SSSR count). The summed E-state index contributed by atoms with van der Waals surface area (Å²) in [6.07, 6.45) is 0. The van der Waals surface area contributed by atoms with Gasteiger partial charge in [-0.05, 0) is 43.9 Å². The van der Waals surface area contributed by atoms with Crippen LogP contribution in [0.4, 0.5) is 0 Å². The van der Waals surface area contributed by atoms with Crippen LogP contribution < -0.4 is 4.74 Å². The van der Waals surface area contributed by atoms with Crippen LogP contribution >= 0.6 is 15.9 Å². The number of methoxy groups -OCH3 is 1. The molecule has 7 heteroatoms. The third-order valence-corrected chi connectivity index (χ3v) is 5.39. The van der Waals surface area contributed by atoms with E-state index in [-0.39, 0.29) is 11.3 Å². The second-order valence-corrected chi connectivity index (χ2v) is 7.99. The van der Waals surface area contributed by atoms with Crippen LogP contribution in [0.5, 0.6) is 5.75 Å². The Balaban J connectivity index is 2.14. The van der Waals surface area contributed by atoms with Crippen LogP contribution in [0.3, 0.4) is 0 Å². The predicted molar refractivity (Wildman–Crippen MR) is 115 cm³/mol. The number of aliphatic hydroxyl groups is 1. The molecule has 152 valence electrons. The third kappa shape index (κ3) is 4.36. The Labute approximate surface area is 178 Å². The lowest BCUT2D eigenvalue weighted by Crippen LogP contribution is -2.35. The summed E-state index contributed by atoms with van der Waals surface area (Å²) in [6, 6.07) is 13.5. The molecule has 0 unspecified atom stereocenters. The molecular formula is C22H23BrN2O4. The number of hydrogen-bond donors (Lipinski definition) is 1. The minimum atomic E-state index is -0.683. The Morgan fingerprint density at radius 1 is 1.17 bits per heavy atom. The van der Waals surface area contributed by atoms with Gasteiger partial charge in [0.05, 0.1) is 18.7 Å². The molecule has 0 aromatic heterocycles. The average molecular weight is 459 g/mol. The van der Waals surface area contributed by atoms with Crippen molar-refractivity contribution in [3.05, 3.63) is 69.7 Å². The second kappa shape index (κ2) is 8.80. The monoisotopic (exact) mass is 458 g/mol. The molecule has 1 heterocycles. The SMILES string of the molecule is COc1cccc(/C(O)=C2\C(=O)C(=O)N(CCN(C)C)[C@@H]2c2ccc(Br)cc2)c1. The molecule has 1 amide bonds. The molecule has 2 aromatic carbocycles. The van der Waals surface area contributed by atoms with Gasteiger partial charge in [0.25, 0.3) is 11.7 Å². The number of hydrogen-bond acceptors (Lipinski definition) is 5. The summed E-state index contributed by atoms with van der Waals surface area (Å²) in [5.41, 5.74) is 1.28. The fraction of sp³-hybridized carbons (Fsp3) is 0.273. The lowest BCUT2D eigenvalue weighted by molar-refractivity contribution is -0.140. The number of nitrogens with zero attached hydrogens (tertiary/aromatic N) is 2. The fourth-order valence-electron chi connectivity index (χ4n) is 3.34. The summed E-state index contributed by atoms with van der Waals surface area (Å²) < 4.78 is 6.11. The van der Waals surface area contributed by atoms with Crippen molar-refractivity contribution in [2.45, 2.75) is 6.04 Å². The van der Waals surface area contributed by atoms with Crippen molar-refractivity contribution in [3.63, 3.8) is 0 Å². The van der Waals surface area contributed by atoms with E-state index < -0.39 is 17.7 Å². The predicted octanol–water partition coefficient (Wildman–Crippen LogP) is 3.44. The van der Waals surface area contributed by atoms with Crippen LogP contribution in [0.1, 0.15) is 17.2 Å². The highest BCUT2D eigenvalue weighted by atomic mass is 79.9. The molecule has 2 aromatic rings. The standard InChI is InChI=1S/C22H23BrN2O4/c1-24(2)11-12-25-19(14-7-9-16(23)10-8-14)18(21(27)22(25)28)20(26)15-5-4-6-17(13-15)29-3/h4-10,13,19,26H,11-12H2,1-3H3/b20-18+/t19-/m1/s1. The maximum Gasteiger partial charge on any atom is 0.295 e. The van der Waals surface area contributed by atoms with Crippen molar-refractivity contribution in [2.24, 2.45) is 0 Å². The second-order valence-electron chi connectivity index (χ2n) is 7.08. The molecule has 1 saturated heterocycles. The number of carbonyl (C=O) groups excluding carboxylic acids is 2. The van der Waals surface area contributed by atoms with Gasteiger partial charge in [-0.15, -0.1) is 0 Å². The van der Waals surface area contributed by atoms with Crippen molar-refractivity contribution in [1.29, 1.82) is 0 Å². The number of likely N-dealkylation sites (tertiary alicyclic amines) is 1. The number of Topliss-reactive ketones (excluding diaryl/α,β-unsaturated/α-hetero) is 1. The molecule has 0 bridgehead atoms. The van der Waals surface area contributed by atoms with E-state index >= 15 is 0 Å². The van der Waals surface area contributed by atoms with Crippen LogP contribution in [-0.4, -0.2) is 60.9 Å². The number of ketones is 1. The highest BCUT2D eigenvalue weighted by Crippen LogP contribution is 2.39. The minimum Gasteiger partial charge on any atom is -0.507 e. The first-order valence-electron chi connectivity index (χ1n) is 9.16. The van der Waals surface area contributed by atoms with E-state index in [1.54, 1.807) is 24.3 Å². The van der Waals surface area contributed by atoms with Gasteiger partial charge in [-0.25, -0.2) is 0 Å². The molecule has 1 fully saturated rings. The maximum atomic E-state index is 12.9. The summed E-state index contributed by atoms with van der Waals surface area (Å²) >= 11 is 3.41. The number of likely N-dealkylation sites (N-methyl/N-ethyl adjacent to an activating group) is 1. The first kappa shape index (κ1) is 21.1. The third-order valence-electron chi connectivity index (χ3n) is 4.86. The molecule has 6 nitrogen and oxygen atoms in total. The van der Waals surface area contributed by atoms with Crippen LogP contribution in [0.2, 0.25) is 0 Å². The van der Waals surface area contributed by atoms with E-state index in [0.717, 1.165) is 10.0 Å². The Kier molecular flexibility index (Phi) is 6.39. The van der Waals surface area contributed by atoms with E-state index in [4.69, 9.17) is 4.74 Å². The zero-order valence-electron chi connectivity index (χ0n) is 16.6. The van der Waals surface area contributed by atoms with Gasteiger partial charge in [0.2, 0.25) is 0 Å². The first-order chi connectivity index (χ1) is 13.8. The fourth-order valence-corrected chi connectivity index (χ4v) is 3.60. The smallest absolute Gasteiger partial charge is 0.295 e. The molecule has 1 atom stereocenters. The van der Waals surface area contributed by atoms with E-state index in [0.29, 0.717) is 24.4 Å². The molecule has 1 N–H and O–H groups in total. The van der Waals surface area contributed by atoms with Crippen LogP contribution in [0.15, 0.2) is 58.6 Å². The van der Waals surface area contributed by atoms with Crippen molar-refractivity contribution in [2.75, 3.05) is 34.3 Å². The average Bonchev–Trinajstić information content (AvgIpc) is 2.97. The van der Waals surface area contributed by atoms with Crippen molar-refractivity contribution >= 4 is 33.4 Å². The zero-order chi connectivity index (χ0) is 21.1. The Morgan fingerprint density at radius 3 is 2.48 bits per heavy atom. The molecule has 1 aliphatic heterocycles. The molecule has 0 spiro atoms. The van der Waals surface area contributed by atoms with E-state index in [1.165, 1.54) is 12.0 Å². The van der Waals surface area contributed by atoms with Crippen molar-refractivity contribution in [1.82, 2.24) is 9.80 Å². The Morgan fingerprint density at radius 2 is 1.86 bits per heavy atom. The Hall–Kier alpha value is -2.64. The number of rotatable bonds is 6. The normalized spacial score (nSPS) is 18.5. The van der Waals surface area contributed by atoms with Gasteiger partial charge < -0.3 is 19.6 Å². The topological polar surface area (TPSA) is 70.1 Å². The number of amides is 1. The minimum absolute atomic E-state index is 0.0873. The summed E-state index contributed by atoms with van der Waals surface area (Å²) in [5, 5.41) is 11.0. The van der Waals surface area contributed by atoms with E-state index in [1.807, 2.05) is 43.3 Å². The highest BCUT2D eigenvalue weighted by molar-refractivity contribution is 9.10. The maximum absolute atomic E-state index is 12.9. The number of carbonyl (C=O) groups is 2. The van der Waals surface area contributed by atoms with E-state index in [9.17, 15) is 14.7 Å². The van der Waals surface area contributed by atoms with Gasteiger partial charge in [-0.3, -0.25) is 9.59 Å². The largest absolute Gasteiger partial charge is 0.507 e. The van der Waals surface area contributed by atoms with Crippen LogP contribution in [0.25, 0.3) is 5.76 Å². The van der Waals surface area contributed by atoms with Gasteiger partial charge in [0.15, 0.2) is 0 Å². The summed E-state index contributed by atoms with van der Waals surface area (Å²) in [4.78, 5) is 29.2. The lowest BCUT2D eigenvalue weighted by atomic mass is 9.95.